The Kier molecular flexibility index (Phi) is 5.90. The van der Waals surface area contributed by atoms with E-state index < -0.39 is 0 Å². The molecule has 1 aliphatic rings. The van der Waals surface area contributed by atoms with Crippen LogP contribution in [0, 0.1) is 0 Å². The minimum atomic E-state index is 0.512. The largest absolute Gasteiger partial charge is 0.360 e. The average Bonchev–Trinajstić information content (AvgIpc) is 2.63. The number of rotatable bonds is 4. The van der Waals surface area contributed by atoms with Crippen LogP contribution in [-0.4, -0.2) is 11.2 Å². The topological polar surface area (TPSA) is 48.8 Å². The predicted molar refractivity (Wildman–Crippen MR) is 103 cm³/mol. The molecule has 0 spiro atoms. The number of azo groups is 1. The van der Waals surface area contributed by atoms with Crippen LogP contribution in [0.25, 0.3) is 0 Å². The summed E-state index contributed by atoms with van der Waals surface area (Å²) in [4.78, 5) is 0. The van der Waals surface area contributed by atoms with Crippen LogP contribution in [0.2, 0.25) is 0 Å². The fourth-order valence-corrected chi connectivity index (χ4v) is 3.11. The van der Waals surface area contributed by atoms with Crippen molar-refractivity contribution in [2.75, 3.05) is 5.32 Å². The molecule has 2 aromatic carbocycles. The van der Waals surface area contributed by atoms with Gasteiger partial charge in [-0.25, -0.2) is 0 Å². The van der Waals surface area contributed by atoms with E-state index in [9.17, 15) is 0 Å². The molecule has 3 rings (SSSR count). The predicted octanol–water partition coefficient (Wildman–Crippen LogP) is 5.72. The number of nitrogens with one attached hydrogen (secondary N) is 2. The Labute approximate surface area is 148 Å². The fraction of sp³-hybridized carbons (Fsp3) is 0.316. The van der Waals surface area contributed by atoms with Gasteiger partial charge in [-0.3, -0.25) is 0 Å². The van der Waals surface area contributed by atoms with E-state index in [4.69, 9.17) is 12.2 Å². The number of benzene rings is 2. The van der Waals surface area contributed by atoms with Crippen molar-refractivity contribution in [2.24, 2.45) is 10.2 Å². The molecule has 24 heavy (non-hydrogen) atoms. The van der Waals surface area contributed by atoms with Crippen molar-refractivity contribution in [1.29, 1.82) is 0 Å². The molecule has 2 aromatic rings. The molecule has 5 heteroatoms. The normalized spacial score (nSPS) is 15.3. The Morgan fingerprint density at radius 2 is 1.46 bits per heavy atom. The zero-order valence-electron chi connectivity index (χ0n) is 13.6. The first-order valence-corrected chi connectivity index (χ1v) is 8.85. The average molecular weight is 338 g/mol. The second-order valence-corrected chi connectivity index (χ2v) is 6.42. The van der Waals surface area contributed by atoms with E-state index in [1.807, 2.05) is 54.6 Å². The van der Waals surface area contributed by atoms with Crippen LogP contribution in [0.4, 0.5) is 17.1 Å². The Morgan fingerprint density at radius 1 is 0.833 bits per heavy atom. The number of anilines is 1. The highest BCUT2D eigenvalue weighted by Gasteiger charge is 2.13. The molecular formula is C19H22N4S. The first-order valence-electron chi connectivity index (χ1n) is 8.44. The summed E-state index contributed by atoms with van der Waals surface area (Å²) in [5.74, 6) is 0. The minimum Gasteiger partial charge on any atom is -0.360 e. The summed E-state index contributed by atoms with van der Waals surface area (Å²) in [6, 6.07) is 18.0. The molecule has 0 saturated heterocycles. The highest BCUT2D eigenvalue weighted by Crippen LogP contribution is 2.20. The lowest BCUT2D eigenvalue weighted by Crippen LogP contribution is -2.38. The van der Waals surface area contributed by atoms with Crippen molar-refractivity contribution < 1.29 is 0 Å². The van der Waals surface area contributed by atoms with Crippen LogP contribution in [0.1, 0.15) is 32.1 Å². The molecular weight excluding hydrogens is 316 g/mol. The highest BCUT2D eigenvalue weighted by molar-refractivity contribution is 7.80. The minimum absolute atomic E-state index is 0.512. The fourth-order valence-electron chi connectivity index (χ4n) is 2.82. The van der Waals surface area contributed by atoms with E-state index >= 15 is 0 Å². The first kappa shape index (κ1) is 16.6. The van der Waals surface area contributed by atoms with Gasteiger partial charge in [0.05, 0.1) is 11.4 Å². The quantitative estimate of drug-likeness (QED) is 0.553. The Bertz CT molecular complexity index is 676. The third-order valence-electron chi connectivity index (χ3n) is 4.10. The zero-order valence-corrected chi connectivity index (χ0v) is 14.4. The molecule has 1 saturated carbocycles. The number of thiocarbonyl (C=S) groups is 1. The molecule has 1 fully saturated rings. The van der Waals surface area contributed by atoms with Crippen LogP contribution in [0.3, 0.4) is 0 Å². The summed E-state index contributed by atoms with van der Waals surface area (Å²) in [5, 5.41) is 15.8. The van der Waals surface area contributed by atoms with Gasteiger partial charge in [0.2, 0.25) is 0 Å². The van der Waals surface area contributed by atoms with Crippen molar-refractivity contribution in [3.05, 3.63) is 54.6 Å². The third-order valence-corrected chi connectivity index (χ3v) is 4.32. The summed E-state index contributed by atoms with van der Waals surface area (Å²) in [6.45, 7) is 0. The van der Waals surface area contributed by atoms with Crippen LogP contribution < -0.4 is 10.6 Å². The lowest BCUT2D eigenvalue weighted by Gasteiger charge is -2.24. The van der Waals surface area contributed by atoms with Crippen LogP contribution in [0.15, 0.2) is 64.8 Å². The van der Waals surface area contributed by atoms with Gasteiger partial charge in [0, 0.05) is 11.7 Å². The van der Waals surface area contributed by atoms with Crippen LogP contribution >= 0.6 is 12.2 Å². The second-order valence-electron chi connectivity index (χ2n) is 6.02. The lowest BCUT2D eigenvalue weighted by atomic mass is 9.96. The van der Waals surface area contributed by atoms with Crippen molar-refractivity contribution in [3.63, 3.8) is 0 Å². The van der Waals surface area contributed by atoms with E-state index in [2.05, 4.69) is 20.9 Å². The molecule has 0 bridgehead atoms. The van der Waals surface area contributed by atoms with E-state index in [0.29, 0.717) is 11.2 Å². The van der Waals surface area contributed by atoms with Crippen molar-refractivity contribution in [1.82, 2.24) is 5.32 Å². The third kappa shape index (κ3) is 5.13. The summed E-state index contributed by atoms with van der Waals surface area (Å²) in [5.41, 5.74) is 2.62. The maximum absolute atomic E-state index is 5.40. The van der Waals surface area contributed by atoms with E-state index in [1.54, 1.807) is 0 Å². The molecule has 0 aromatic heterocycles. The molecule has 0 atom stereocenters. The summed E-state index contributed by atoms with van der Waals surface area (Å²) in [7, 11) is 0. The van der Waals surface area contributed by atoms with Crippen LogP contribution in [-0.2, 0) is 0 Å². The standard InChI is InChI=1S/C19H22N4S/c24-19(20-15-7-3-1-4-8-15)21-16-11-13-18(14-12-16)23-22-17-9-5-2-6-10-17/h2,5-6,9-15H,1,3-4,7-8H2,(H2,20,21,24). The monoisotopic (exact) mass is 338 g/mol. The molecule has 124 valence electrons. The molecule has 0 unspecified atom stereocenters. The Hall–Kier alpha value is -2.27. The van der Waals surface area contributed by atoms with Gasteiger partial charge in [-0.15, -0.1) is 0 Å². The van der Waals surface area contributed by atoms with E-state index in [-0.39, 0.29) is 0 Å². The number of hydrogen-bond donors (Lipinski definition) is 2. The zero-order chi connectivity index (χ0) is 16.6. The van der Waals surface area contributed by atoms with Gasteiger partial charge >= 0.3 is 0 Å². The maximum atomic E-state index is 5.40. The molecule has 0 aliphatic heterocycles. The van der Waals surface area contributed by atoms with Crippen molar-refractivity contribution in [3.8, 4) is 0 Å². The van der Waals surface area contributed by atoms with Gasteiger partial charge in [0.1, 0.15) is 0 Å². The smallest absolute Gasteiger partial charge is 0.170 e. The van der Waals surface area contributed by atoms with Gasteiger partial charge in [0.15, 0.2) is 5.11 Å². The summed E-state index contributed by atoms with van der Waals surface area (Å²) in [6.07, 6.45) is 6.35. The molecule has 1 aliphatic carbocycles. The second kappa shape index (κ2) is 8.55. The van der Waals surface area contributed by atoms with Crippen molar-refractivity contribution >= 4 is 34.4 Å². The number of nitrogens with zero attached hydrogens (tertiary/aromatic N) is 2. The van der Waals surface area contributed by atoms with Crippen molar-refractivity contribution in [2.45, 2.75) is 38.1 Å². The van der Waals surface area contributed by atoms with Gasteiger partial charge in [-0.1, -0.05) is 37.5 Å². The number of hydrogen-bond acceptors (Lipinski definition) is 3. The van der Waals surface area contributed by atoms with Crippen LogP contribution in [0.5, 0.6) is 0 Å². The SMILES string of the molecule is S=C(Nc1ccc(N=Nc2ccccc2)cc1)NC1CCCCC1. The summed E-state index contributed by atoms with van der Waals surface area (Å²) < 4.78 is 0. The maximum Gasteiger partial charge on any atom is 0.170 e. The summed E-state index contributed by atoms with van der Waals surface area (Å²) >= 11 is 5.40. The molecule has 0 radical (unpaired) electrons. The molecule has 2 N–H and O–H groups in total. The first-order chi connectivity index (χ1) is 11.8. The van der Waals surface area contributed by atoms with E-state index in [1.165, 1.54) is 32.1 Å². The van der Waals surface area contributed by atoms with Gasteiger partial charge in [-0.05, 0) is 61.5 Å². The molecule has 0 heterocycles. The lowest BCUT2D eigenvalue weighted by molar-refractivity contribution is 0.415. The molecule has 4 nitrogen and oxygen atoms in total. The van der Waals surface area contributed by atoms with Gasteiger partial charge in [-0.2, -0.15) is 10.2 Å². The Morgan fingerprint density at radius 3 is 2.12 bits per heavy atom. The van der Waals surface area contributed by atoms with Gasteiger partial charge in [0.25, 0.3) is 0 Å². The van der Waals surface area contributed by atoms with E-state index in [0.717, 1.165) is 17.1 Å². The highest BCUT2D eigenvalue weighted by atomic mass is 32.1. The molecule has 0 amide bonds. The Balaban J connectivity index is 1.52. The van der Waals surface area contributed by atoms with Gasteiger partial charge < -0.3 is 10.6 Å².